The van der Waals surface area contributed by atoms with Crippen LogP contribution in [0.2, 0.25) is 0 Å². The molecule has 1 saturated heterocycles. The smallest absolute Gasteiger partial charge is 0.317 e. The SMILES string of the molecule is CN1CCN(C(=O)NCC2(C3CC3)CC2)CC1c1ncc[nH]1. The number of carbonyl (C=O) groups excluding carboxylic acids is 1. The van der Waals surface area contributed by atoms with Gasteiger partial charge in [-0.2, -0.15) is 0 Å². The van der Waals surface area contributed by atoms with Crippen LogP contribution in [0, 0.1) is 11.3 Å². The molecule has 2 amide bonds. The number of nitrogens with zero attached hydrogens (tertiary/aromatic N) is 3. The van der Waals surface area contributed by atoms with E-state index in [2.05, 4.69) is 27.2 Å². The number of amides is 2. The van der Waals surface area contributed by atoms with Crippen LogP contribution in [0.5, 0.6) is 0 Å². The van der Waals surface area contributed by atoms with E-state index >= 15 is 0 Å². The van der Waals surface area contributed by atoms with Crippen molar-refractivity contribution in [3.63, 3.8) is 0 Å². The summed E-state index contributed by atoms with van der Waals surface area (Å²) in [7, 11) is 2.09. The first-order valence-corrected chi connectivity index (χ1v) is 8.40. The largest absolute Gasteiger partial charge is 0.347 e. The quantitative estimate of drug-likeness (QED) is 0.888. The van der Waals surface area contributed by atoms with Crippen molar-refractivity contribution < 1.29 is 4.79 Å². The summed E-state index contributed by atoms with van der Waals surface area (Å²) < 4.78 is 0. The van der Waals surface area contributed by atoms with Gasteiger partial charge in [0, 0.05) is 38.6 Å². The zero-order valence-electron chi connectivity index (χ0n) is 13.2. The van der Waals surface area contributed by atoms with E-state index in [0.717, 1.165) is 31.4 Å². The summed E-state index contributed by atoms with van der Waals surface area (Å²) in [6.07, 6.45) is 8.95. The van der Waals surface area contributed by atoms with Crippen molar-refractivity contribution in [2.75, 3.05) is 33.2 Å². The zero-order chi connectivity index (χ0) is 15.2. The molecule has 2 aliphatic carbocycles. The summed E-state index contributed by atoms with van der Waals surface area (Å²) in [4.78, 5) is 24.2. The summed E-state index contributed by atoms with van der Waals surface area (Å²) in [6.45, 7) is 3.24. The van der Waals surface area contributed by atoms with Crippen molar-refractivity contribution in [2.45, 2.75) is 31.7 Å². The third-order valence-corrected chi connectivity index (χ3v) is 5.70. The highest BCUT2D eigenvalue weighted by Crippen LogP contribution is 2.60. The maximum absolute atomic E-state index is 12.5. The normalized spacial score (nSPS) is 27.7. The van der Waals surface area contributed by atoms with Crippen LogP contribution >= 0.6 is 0 Å². The van der Waals surface area contributed by atoms with Crippen LogP contribution in [0.4, 0.5) is 4.79 Å². The lowest BCUT2D eigenvalue weighted by molar-refractivity contribution is 0.105. The Morgan fingerprint density at radius 1 is 1.45 bits per heavy atom. The van der Waals surface area contributed by atoms with E-state index in [1.807, 2.05) is 11.1 Å². The lowest BCUT2D eigenvalue weighted by atomic mass is 10.0. The summed E-state index contributed by atoms with van der Waals surface area (Å²) >= 11 is 0. The van der Waals surface area contributed by atoms with Crippen LogP contribution in [0.25, 0.3) is 0 Å². The Kier molecular flexibility index (Phi) is 3.36. The Morgan fingerprint density at radius 2 is 2.27 bits per heavy atom. The Morgan fingerprint density at radius 3 is 2.91 bits per heavy atom. The predicted octanol–water partition coefficient (Wildman–Crippen LogP) is 1.60. The number of aromatic amines is 1. The van der Waals surface area contributed by atoms with Gasteiger partial charge in [-0.05, 0) is 44.1 Å². The zero-order valence-corrected chi connectivity index (χ0v) is 13.2. The van der Waals surface area contributed by atoms with E-state index in [1.54, 1.807) is 6.20 Å². The molecule has 1 aromatic rings. The first kappa shape index (κ1) is 14.1. The highest BCUT2D eigenvalue weighted by Gasteiger charge is 2.53. The van der Waals surface area contributed by atoms with Crippen molar-refractivity contribution in [3.8, 4) is 0 Å². The molecule has 6 nitrogen and oxygen atoms in total. The Bertz CT molecular complexity index is 535. The topological polar surface area (TPSA) is 64.3 Å². The fraction of sp³-hybridized carbons (Fsp3) is 0.750. The fourth-order valence-electron chi connectivity index (χ4n) is 3.76. The minimum absolute atomic E-state index is 0.0941. The minimum Gasteiger partial charge on any atom is -0.347 e. The molecular weight excluding hydrogens is 278 g/mol. The van der Waals surface area contributed by atoms with Gasteiger partial charge in [0.1, 0.15) is 5.82 Å². The van der Waals surface area contributed by atoms with Crippen molar-refractivity contribution in [3.05, 3.63) is 18.2 Å². The van der Waals surface area contributed by atoms with Crippen LogP contribution in [-0.4, -0.2) is 59.0 Å². The third-order valence-electron chi connectivity index (χ3n) is 5.70. The van der Waals surface area contributed by atoms with Crippen LogP contribution in [-0.2, 0) is 0 Å². The summed E-state index contributed by atoms with van der Waals surface area (Å²) in [5.74, 6) is 1.83. The van der Waals surface area contributed by atoms with Crippen LogP contribution in [0.3, 0.4) is 0 Å². The molecule has 0 spiro atoms. The molecule has 2 N–H and O–H groups in total. The number of likely N-dealkylation sites (N-methyl/N-ethyl adjacent to an activating group) is 1. The maximum Gasteiger partial charge on any atom is 0.317 e. The van der Waals surface area contributed by atoms with Gasteiger partial charge in [0.15, 0.2) is 0 Å². The molecule has 0 aromatic carbocycles. The highest BCUT2D eigenvalue weighted by atomic mass is 16.2. The van der Waals surface area contributed by atoms with Crippen LogP contribution in [0.15, 0.2) is 12.4 Å². The monoisotopic (exact) mass is 303 g/mol. The number of piperazine rings is 1. The Balaban J connectivity index is 1.34. The lowest BCUT2D eigenvalue weighted by Crippen LogP contribution is -2.53. The van der Waals surface area contributed by atoms with Gasteiger partial charge in [-0.1, -0.05) is 0 Å². The molecule has 1 aromatic heterocycles. The number of hydrogen-bond acceptors (Lipinski definition) is 3. The molecule has 1 unspecified atom stereocenters. The average molecular weight is 303 g/mol. The molecule has 22 heavy (non-hydrogen) atoms. The van der Waals surface area contributed by atoms with Gasteiger partial charge in [0.2, 0.25) is 0 Å². The van der Waals surface area contributed by atoms with E-state index in [1.165, 1.54) is 25.7 Å². The molecular formula is C16H25N5O. The molecule has 3 fully saturated rings. The first-order valence-electron chi connectivity index (χ1n) is 8.40. The minimum atomic E-state index is 0.0941. The number of nitrogens with one attached hydrogen (secondary N) is 2. The second-order valence-corrected chi connectivity index (χ2v) is 7.21. The molecule has 4 rings (SSSR count). The molecule has 0 bridgehead atoms. The standard InChI is InChI=1S/C16H25N5O/c1-20-8-9-21(10-13(20)14-17-6-7-18-14)15(22)19-11-16(4-5-16)12-2-3-12/h6-7,12-13H,2-5,8-11H2,1H3,(H,17,18)(H,19,22). The number of urea groups is 1. The number of rotatable bonds is 4. The molecule has 0 radical (unpaired) electrons. The van der Waals surface area contributed by atoms with Gasteiger partial charge in [-0.25, -0.2) is 9.78 Å². The van der Waals surface area contributed by atoms with Crippen LogP contribution < -0.4 is 5.32 Å². The molecule has 1 atom stereocenters. The maximum atomic E-state index is 12.5. The molecule has 3 aliphatic rings. The van der Waals surface area contributed by atoms with Crippen molar-refractivity contribution in [1.82, 2.24) is 25.1 Å². The lowest BCUT2D eigenvalue weighted by Gasteiger charge is -2.38. The van der Waals surface area contributed by atoms with Gasteiger partial charge < -0.3 is 15.2 Å². The van der Waals surface area contributed by atoms with Gasteiger partial charge in [-0.15, -0.1) is 0 Å². The van der Waals surface area contributed by atoms with Gasteiger partial charge in [0.05, 0.1) is 6.04 Å². The van der Waals surface area contributed by atoms with Gasteiger partial charge in [0.25, 0.3) is 0 Å². The number of imidazole rings is 1. The molecule has 2 saturated carbocycles. The number of H-pyrrole nitrogens is 1. The Hall–Kier alpha value is -1.56. The van der Waals surface area contributed by atoms with E-state index in [4.69, 9.17) is 0 Å². The Labute approximate surface area is 131 Å². The molecule has 1 aliphatic heterocycles. The molecule has 2 heterocycles. The number of aromatic nitrogens is 2. The summed E-state index contributed by atoms with van der Waals surface area (Å²) in [5, 5.41) is 3.20. The fourth-order valence-corrected chi connectivity index (χ4v) is 3.76. The number of carbonyl (C=O) groups is 1. The van der Waals surface area contributed by atoms with E-state index < -0.39 is 0 Å². The van der Waals surface area contributed by atoms with Crippen LogP contribution in [0.1, 0.15) is 37.5 Å². The third kappa shape index (κ3) is 2.60. The average Bonchev–Trinajstić information content (AvgIpc) is 3.44. The van der Waals surface area contributed by atoms with E-state index in [9.17, 15) is 4.79 Å². The molecule has 120 valence electrons. The van der Waals surface area contributed by atoms with Crippen molar-refractivity contribution in [2.24, 2.45) is 11.3 Å². The number of hydrogen-bond donors (Lipinski definition) is 2. The summed E-state index contributed by atoms with van der Waals surface area (Å²) in [5.41, 5.74) is 0.461. The first-order chi connectivity index (χ1) is 10.7. The van der Waals surface area contributed by atoms with Gasteiger partial charge >= 0.3 is 6.03 Å². The van der Waals surface area contributed by atoms with E-state index in [-0.39, 0.29) is 12.1 Å². The van der Waals surface area contributed by atoms with Gasteiger partial charge in [-0.3, -0.25) is 4.90 Å². The molecule has 6 heteroatoms. The van der Waals surface area contributed by atoms with E-state index in [0.29, 0.717) is 12.0 Å². The second-order valence-electron chi connectivity index (χ2n) is 7.21. The highest BCUT2D eigenvalue weighted by molar-refractivity contribution is 5.74. The summed E-state index contributed by atoms with van der Waals surface area (Å²) in [6, 6.07) is 0.254. The second kappa shape index (κ2) is 5.26. The van der Waals surface area contributed by atoms with Crippen molar-refractivity contribution in [1.29, 1.82) is 0 Å². The predicted molar refractivity (Wildman–Crippen MR) is 83.3 cm³/mol. The van der Waals surface area contributed by atoms with Crippen molar-refractivity contribution >= 4 is 6.03 Å².